The zero-order chi connectivity index (χ0) is 17.0. The molecule has 0 saturated heterocycles. The topological polar surface area (TPSA) is 71.3 Å². The van der Waals surface area contributed by atoms with Crippen molar-refractivity contribution >= 4 is 22.8 Å². The van der Waals surface area contributed by atoms with Gasteiger partial charge in [-0.05, 0) is 30.9 Å². The molecule has 0 spiro atoms. The number of fused-ring (bicyclic) bond motifs is 1. The number of aliphatic carboxylic acids is 1. The van der Waals surface area contributed by atoms with Crippen LogP contribution in [-0.2, 0) is 22.6 Å². The number of amides is 1. The molecule has 23 heavy (non-hydrogen) atoms. The molecule has 1 aromatic heterocycles. The number of para-hydroxylation sites is 1. The Morgan fingerprint density at radius 2 is 1.96 bits per heavy atom. The van der Waals surface area contributed by atoms with E-state index in [4.69, 9.17) is 0 Å². The molecule has 0 unspecified atom stereocenters. The van der Waals surface area contributed by atoms with Crippen molar-refractivity contribution in [2.75, 3.05) is 0 Å². The Balaban J connectivity index is 2.15. The molecular weight excluding hydrogens is 292 g/mol. The molecule has 0 radical (unpaired) electrons. The molecule has 0 saturated carbocycles. The van der Waals surface area contributed by atoms with Crippen molar-refractivity contribution in [1.82, 2.24) is 9.88 Å². The zero-order valence-corrected chi connectivity index (χ0v) is 13.9. The second-order valence-corrected chi connectivity index (χ2v) is 6.22. The van der Waals surface area contributed by atoms with Crippen molar-refractivity contribution in [3.8, 4) is 0 Å². The van der Waals surface area contributed by atoms with E-state index in [1.165, 1.54) is 0 Å². The van der Waals surface area contributed by atoms with Crippen molar-refractivity contribution in [3.63, 3.8) is 0 Å². The highest BCUT2D eigenvalue weighted by Crippen LogP contribution is 2.21. The lowest BCUT2D eigenvalue weighted by molar-refractivity contribution is -0.142. The third-order valence-corrected chi connectivity index (χ3v) is 3.90. The van der Waals surface area contributed by atoms with E-state index in [2.05, 4.69) is 16.8 Å². The molecule has 5 nitrogen and oxygen atoms in total. The Morgan fingerprint density at radius 1 is 1.26 bits per heavy atom. The predicted octanol–water partition coefficient (Wildman–Crippen LogP) is 2.82. The van der Waals surface area contributed by atoms with E-state index >= 15 is 0 Å². The fourth-order valence-corrected chi connectivity index (χ4v) is 2.84. The summed E-state index contributed by atoms with van der Waals surface area (Å²) in [4.78, 5) is 23.5. The zero-order valence-electron chi connectivity index (χ0n) is 13.9. The normalized spacial score (nSPS) is 12.5. The largest absolute Gasteiger partial charge is 0.480 e. The fraction of sp³-hybridized carbons (Fsp3) is 0.444. The SMILES string of the molecule is CCn1cc(CC(=O)N[C@@H](CC(C)C)C(=O)O)c2ccccc21. The molecule has 0 fully saturated rings. The highest BCUT2D eigenvalue weighted by molar-refractivity contribution is 5.91. The summed E-state index contributed by atoms with van der Waals surface area (Å²) in [6.45, 7) is 6.76. The smallest absolute Gasteiger partial charge is 0.326 e. The Bertz CT molecular complexity index is 703. The average Bonchev–Trinajstić information content (AvgIpc) is 2.84. The lowest BCUT2D eigenvalue weighted by Crippen LogP contribution is -2.42. The van der Waals surface area contributed by atoms with Gasteiger partial charge in [0.1, 0.15) is 6.04 Å². The molecule has 2 rings (SSSR count). The van der Waals surface area contributed by atoms with Gasteiger partial charge in [-0.2, -0.15) is 0 Å². The second kappa shape index (κ2) is 7.31. The maximum Gasteiger partial charge on any atom is 0.326 e. The fourth-order valence-electron chi connectivity index (χ4n) is 2.84. The first-order chi connectivity index (χ1) is 10.9. The summed E-state index contributed by atoms with van der Waals surface area (Å²) in [6.07, 6.45) is 2.59. The summed E-state index contributed by atoms with van der Waals surface area (Å²) >= 11 is 0. The van der Waals surface area contributed by atoms with Crippen molar-refractivity contribution in [1.29, 1.82) is 0 Å². The molecule has 1 heterocycles. The molecule has 5 heteroatoms. The first kappa shape index (κ1) is 17.1. The van der Waals surface area contributed by atoms with Gasteiger partial charge in [-0.1, -0.05) is 32.0 Å². The van der Waals surface area contributed by atoms with Gasteiger partial charge in [0.2, 0.25) is 5.91 Å². The molecule has 2 aromatic rings. The molecule has 0 aliphatic heterocycles. The first-order valence-corrected chi connectivity index (χ1v) is 8.01. The highest BCUT2D eigenvalue weighted by Gasteiger charge is 2.21. The third kappa shape index (κ3) is 4.12. The summed E-state index contributed by atoms with van der Waals surface area (Å²) in [5.74, 6) is -1.03. The van der Waals surface area contributed by atoms with Gasteiger partial charge in [0, 0.05) is 23.6 Å². The summed E-state index contributed by atoms with van der Waals surface area (Å²) in [6, 6.07) is 7.11. The van der Waals surface area contributed by atoms with Gasteiger partial charge in [-0.15, -0.1) is 0 Å². The van der Waals surface area contributed by atoms with Crippen LogP contribution in [0.15, 0.2) is 30.5 Å². The minimum absolute atomic E-state index is 0.190. The van der Waals surface area contributed by atoms with E-state index in [-0.39, 0.29) is 18.2 Å². The number of carboxylic acids is 1. The molecule has 1 amide bonds. The summed E-state index contributed by atoms with van der Waals surface area (Å²) in [5.41, 5.74) is 2.02. The van der Waals surface area contributed by atoms with Crippen molar-refractivity contribution in [3.05, 3.63) is 36.0 Å². The molecule has 0 bridgehead atoms. The van der Waals surface area contributed by atoms with Crippen LogP contribution in [-0.4, -0.2) is 27.6 Å². The quantitative estimate of drug-likeness (QED) is 0.825. The number of nitrogens with one attached hydrogen (secondary N) is 1. The average molecular weight is 316 g/mol. The minimum Gasteiger partial charge on any atom is -0.480 e. The second-order valence-electron chi connectivity index (χ2n) is 6.22. The Hall–Kier alpha value is -2.30. The van der Waals surface area contributed by atoms with E-state index in [9.17, 15) is 14.7 Å². The van der Waals surface area contributed by atoms with Gasteiger partial charge in [0.15, 0.2) is 0 Å². The van der Waals surface area contributed by atoms with Crippen molar-refractivity contribution < 1.29 is 14.7 Å². The van der Waals surface area contributed by atoms with Crippen LogP contribution >= 0.6 is 0 Å². The number of benzene rings is 1. The number of aromatic nitrogens is 1. The molecule has 2 N–H and O–H groups in total. The molecule has 1 atom stereocenters. The maximum atomic E-state index is 12.3. The van der Waals surface area contributed by atoms with Gasteiger partial charge < -0.3 is 15.0 Å². The van der Waals surface area contributed by atoms with Crippen LogP contribution in [0.4, 0.5) is 0 Å². The predicted molar refractivity (Wildman–Crippen MR) is 90.3 cm³/mol. The van der Waals surface area contributed by atoms with Crippen LogP contribution in [0.1, 0.15) is 32.8 Å². The van der Waals surface area contributed by atoms with Gasteiger partial charge in [0.25, 0.3) is 0 Å². The number of nitrogens with zero attached hydrogens (tertiary/aromatic N) is 1. The Labute approximate surface area is 136 Å². The van der Waals surface area contributed by atoms with Gasteiger partial charge in [-0.25, -0.2) is 4.79 Å². The van der Waals surface area contributed by atoms with E-state index in [1.54, 1.807) is 0 Å². The number of carboxylic acid groups (broad SMARTS) is 1. The number of hydrogen-bond donors (Lipinski definition) is 2. The monoisotopic (exact) mass is 316 g/mol. The van der Waals surface area contributed by atoms with Crippen LogP contribution in [0.25, 0.3) is 10.9 Å². The molecule has 1 aromatic carbocycles. The summed E-state index contributed by atoms with van der Waals surface area (Å²) < 4.78 is 2.10. The van der Waals surface area contributed by atoms with Gasteiger partial charge >= 0.3 is 5.97 Å². The van der Waals surface area contributed by atoms with Gasteiger partial charge in [0.05, 0.1) is 6.42 Å². The number of aryl methyl sites for hydroxylation is 1. The van der Waals surface area contributed by atoms with Crippen LogP contribution in [0.5, 0.6) is 0 Å². The van der Waals surface area contributed by atoms with E-state index in [0.29, 0.717) is 6.42 Å². The molecule has 0 aliphatic carbocycles. The maximum absolute atomic E-state index is 12.3. The molecular formula is C18H24N2O3. The summed E-state index contributed by atoms with van der Waals surface area (Å²) in [5, 5.41) is 12.9. The number of hydrogen-bond acceptors (Lipinski definition) is 2. The molecule has 0 aliphatic rings. The Morgan fingerprint density at radius 3 is 2.57 bits per heavy atom. The van der Waals surface area contributed by atoms with E-state index in [1.807, 2.05) is 44.3 Å². The van der Waals surface area contributed by atoms with Crippen LogP contribution in [0, 0.1) is 5.92 Å². The van der Waals surface area contributed by atoms with E-state index in [0.717, 1.165) is 23.0 Å². The number of carbonyl (C=O) groups excluding carboxylic acids is 1. The number of carbonyl (C=O) groups is 2. The lowest BCUT2D eigenvalue weighted by atomic mass is 10.0. The van der Waals surface area contributed by atoms with Crippen LogP contribution in [0.2, 0.25) is 0 Å². The van der Waals surface area contributed by atoms with Crippen LogP contribution in [0.3, 0.4) is 0 Å². The number of rotatable bonds is 7. The van der Waals surface area contributed by atoms with E-state index < -0.39 is 12.0 Å². The molecule has 124 valence electrons. The van der Waals surface area contributed by atoms with Gasteiger partial charge in [-0.3, -0.25) is 4.79 Å². The lowest BCUT2D eigenvalue weighted by Gasteiger charge is -2.16. The van der Waals surface area contributed by atoms with Crippen molar-refractivity contribution in [2.24, 2.45) is 5.92 Å². The Kier molecular flexibility index (Phi) is 5.42. The third-order valence-electron chi connectivity index (χ3n) is 3.90. The standard InChI is InChI=1S/C18H24N2O3/c1-4-20-11-13(14-7-5-6-8-16(14)20)10-17(21)19-15(18(22)23)9-12(2)3/h5-8,11-12,15H,4,9-10H2,1-3H3,(H,19,21)(H,22,23)/t15-/m0/s1. The van der Waals surface area contributed by atoms with Crippen LogP contribution < -0.4 is 5.32 Å². The minimum atomic E-state index is -0.983. The summed E-state index contributed by atoms with van der Waals surface area (Å²) in [7, 11) is 0. The first-order valence-electron chi connectivity index (χ1n) is 8.01. The highest BCUT2D eigenvalue weighted by atomic mass is 16.4. The van der Waals surface area contributed by atoms with Crippen molar-refractivity contribution in [2.45, 2.75) is 46.2 Å².